The molecule has 1 aliphatic rings. The number of nitrogens with zero attached hydrogens (tertiary/aromatic N) is 2. The summed E-state index contributed by atoms with van der Waals surface area (Å²) >= 11 is 0. The minimum atomic E-state index is -5.02. The van der Waals surface area contributed by atoms with E-state index in [9.17, 15) is 40.0 Å². The van der Waals surface area contributed by atoms with E-state index in [1.54, 1.807) is 4.72 Å². The summed E-state index contributed by atoms with van der Waals surface area (Å²) in [6.45, 7) is 5.67. The first-order chi connectivity index (χ1) is 17.4. The molecule has 3 aromatic rings. The van der Waals surface area contributed by atoms with Crippen LogP contribution in [0.25, 0.3) is 22.0 Å². The monoisotopic (exact) mass is 557 g/mol. The van der Waals surface area contributed by atoms with E-state index >= 15 is 0 Å². The Morgan fingerprint density at radius 1 is 1.05 bits per heavy atom. The Bertz CT molecular complexity index is 1520. The molecule has 38 heavy (non-hydrogen) atoms. The van der Waals surface area contributed by atoms with Gasteiger partial charge in [0.15, 0.2) is 0 Å². The fraction of sp³-hybridized carbons (Fsp3) is 0.423. The highest BCUT2D eigenvalue weighted by molar-refractivity contribution is 7.90. The van der Waals surface area contributed by atoms with Crippen LogP contribution >= 0.6 is 0 Å². The maximum absolute atomic E-state index is 14.3. The van der Waals surface area contributed by atoms with Gasteiger partial charge in [-0.3, -0.25) is 0 Å². The normalized spacial score (nSPS) is 16.0. The van der Waals surface area contributed by atoms with E-state index in [0.717, 1.165) is 12.1 Å². The molecule has 0 bridgehead atoms. The van der Waals surface area contributed by atoms with Crippen LogP contribution in [0.1, 0.15) is 56.3 Å². The Morgan fingerprint density at radius 2 is 1.68 bits per heavy atom. The maximum Gasteiger partial charge on any atom is 0.417 e. The molecule has 1 N–H and O–H groups in total. The largest absolute Gasteiger partial charge is 0.417 e. The number of sulfonamides is 1. The van der Waals surface area contributed by atoms with E-state index in [4.69, 9.17) is 0 Å². The summed E-state index contributed by atoms with van der Waals surface area (Å²) in [6.07, 6.45) is -8.07. The Kier molecular flexibility index (Phi) is 6.85. The zero-order valence-electron chi connectivity index (χ0n) is 20.7. The second-order valence-corrected chi connectivity index (χ2v) is 12.7. The van der Waals surface area contributed by atoms with E-state index in [-0.39, 0.29) is 47.0 Å². The summed E-state index contributed by atoms with van der Waals surface area (Å²) in [7, 11) is -4.27. The van der Waals surface area contributed by atoms with Crippen molar-refractivity contribution in [3.63, 3.8) is 0 Å². The van der Waals surface area contributed by atoms with Crippen molar-refractivity contribution in [2.45, 2.75) is 63.8 Å². The molecule has 1 atom stereocenters. The van der Waals surface area contributed by atoms with Crippen molar-refractivity contribution >= 4 is 20.9 Å². The zero-order valence-corrected chi connectivity index (χ0v) is 21.5. The third-order valence-electron chi connectivity index (χ3n) is 6.22. The summed E-state index contributed by atoms with van der Waals surface area (Å²) in [5, 5.41) is 8.83. The number of nitriles is 1. The minimum absolute atomic E-state index is 0.0696. The molecule has 0 radical (unpaired) electrons. The quantitative estimate of drug-likeness (QED) is 0.334. The van der Waals surface area contributed by atoms with Crippen molar-refractivity contribution in [2.75, 3.05) is 0 Å². The van der Waals surface area contributed by atoms with Crippen LogP contribution in [0, 0.1) is 16.7 Å². The molecular formula is C26H25F6N3O2S. The van der Waals surface area contributed by atoms with Crippen LogP contribution in [-0.2, 0) is 22.7 Å². The SMILES string of the molecule is CC(C)(C)Cn1cc([C@H](NS(=O)(=O)C2CC2)C(F)(F)F)c2cc(C#N)c(-c3ccccc3C(F)(F)F)cc21. The van der Waals surface area contributed by atoms with Gasteiger partial charge in [-0.05, 0) is 42.0 Å². The van der Waals surface area contributed by atoms with Gasteiger partial charge in [0.1, 0.15) is 6.04 Å². The van der Waals surface area contributed by atoms with Crippen LogP contribution < -0.4 is 4.72 Å². The molecule has 0 unspecified atom stereocenters. The van der Waals surface area contributed by atoms with Crippen molar-refractivity contribution in [1.29, 1.82) is 5.26 Å². The molecule has 0 amide bonds. The van der Waals surface area contributed by atoms with Crippen LogP contribution in [0.5, 0.6) is 0 Å². The topological polar surface area (TPSA) is 74.9 Å². The van der Waals surface area contributed by atoms with Crippen molar-refractivity contribution in [3.8, 4) is 17.2 Å². The Labute approximate surface area is 216 Å². The van der Waals surface area contributed by atoms with Gasteiger partial charge in [0.2, 0.25) is 10.0 Å². The number of fused-ring (bicyclic) bond motifs is 1. The first kappa shape index (κ1) is 28.0. The lowest BCUT2D eigenvalue weighted by Crippen LogP contribution is -2.39. The molecule has 12 heteroatoms. The predicted molar refractivity (Wildman–Crippen MR) is 130 cm³/mol. The van der Waals surface area contributed by atoms with Gasteiger partial charge in [-0.15, -0.1) is 0 Å². The van der Waals surface area contributed by atoms with E-state index in [0.29, 0.717) is 0 Å². The van der Waals surface area contributed by atoms with Crippen molar-refractivity contribution in [3.05, 3.63) is 59.3 Å². The van der Waals surface area contributed by atoms with Crippen LogP contribution in [0.3, 0.4) is 0 Å². The second-order valence-electron chi connectivity index (χ2n) is 10.7. The van der Waals surface area contributed by atoms with E-state index < -0.39 is 50.2 Å². The molecule has 0 spiro atoms. The van der Waals surface area contributed by atoms with Gasteiger partial charge in [-0.1, -0.05) is 39.0 Å². The van der Waals surface area contributed by atoms with Gasteiger partial charge >= 0.3 is 12.4 Å². The van der Waals surface area contributed by atoms with Gasteiger partial charge in [-0.25, -0.2) is 8.42 Å². The average Bonchev–Trinajstić information content (AvgIpc) is 3.60. The summed E-state index contributed by atoms with van der Waals surface area (Å²) in [6, 6.07) is 6.24. The number of hydrogen-bond donors (Lipinski definition) is 1. The van der Waals surface area contributed by atoms with E-state index in [1.807, 2.05) is 26.8 Å². The Balaban J connectivity index is 2.01. The van der Waals surface area contributed by atoms with Crippen molar-refractivity contribution in [1.82, 2.24) is 9.29 Å². The number of nitrogens with one attached hydrogen (secondary N) is 1. The van der Waals surface area contributed by atoms with Crippen LogP contribution in [0.15, 0.2) is 42.6 Å². The second kappa shape index (κ2) is 9.31. The Hall–Kier alpha value is -3.04. The highest BCUT2D eigenvalue weighted by Crippen LogP contribution is 2.43. The molecule has 1 fully saturated rings. The number of rotatable bonds is 6. The van der Waals surface area contributed by atoms with Gasteiger partial charge < -0.3 is 4.57 Å². The highest BCUT2D eigenvalue weighted by Gasteiger charge is 2.48. The lowest BCUT2D eigenvalue weighted by molar-refractivity contribution is -0.152. The first-order valence-corrected chi connectivity index (χ1v) is 13.3. The lowest BCUT2D eigenvalue weighted by atomic mass is 9.93. The molecule has 1 aromatic heterocycles. The Morgan fingerprint density at radius 3 is 2.21 bits per heavy atom. The van der Waals surface area contributed by atoms with Gasteiger partial charge in [0.25, 0.3) is 0 Å². The fourth-order valence-electron chi connectivity index (χ4n) is 4.46. The van der Waals surface area contributed by atoms with Crippen LogP contribution in [-0.4, -0.2) is 24.4 Å². The van der Waals surface area contributed by atoms with Gasteiger partial charge in [0.05, 0.1) is 22.4 Å². The molecule has 1 heterocycles. The molecule has 1 saturated carbocycles. The predicted octanol–water partition coefficient (Wildman–Crippen LogP) is 6.93. The molecule has 2 aromatic carbocycles. The molecule has 0 saturated heterocycles. The lowest BCUT2D eigenvalue weighted by Gasteiger charge is -2.22. The van der Waals surface area contributed by atoms with Gasteiger partial charge in [0, 0.05) is 34.8 Å². The molecular weight excluding hydrogens is 532 g/mol. The number of benzene rings is 2. The molecule has 5 nitrogen and oxygen atoms in total. The summed E-state index contributed by atoms with van der Waals surface area (Å²) in [5.41, 5.74) is -2.36. The number of aromatic nitrogens is 1. The summed E-state index contributed by atoms with van der Waals surface area (Å²) in [5.74, 6) is 0. The third kappa shape index (κ3) is 5.68. The van der Waals surface area contributed by atoms with E-state index in [2.05, 4.69) is 0 Å². The maximum atomic E-state index is 14.3. The summed E-state index contributed by atoms with van der Waals surface area (Å²) < 4.78 is 112. The molecule has 204 valence electrons. The average molecular weight is 558 g/mol. The standard InChI is InChI=1S/C26H25F6N3O2S/c1-24(2,3)14-35-13-20(23(26(30,31)32)34-38(36,37)16-8-9-16)19-10-15(12-33)18(11-22(19)35)17-6-4-5-7-21(17)25(27,28)29/h4-7,10-11,13,16,23,34H,8-9,14H2,1-3H3/t23-/m0/s1. The van der Waals surface area contributed by atoms with Crippen molar-refractivity contribution < 1.29 is 34.8 Å². The first-order valence-electron chi connectivity index (χ1n) is 11.7. The molecule has 1 aliphatic carbocycles. The third-order valence-corrected chi connectivity index (χ3v) is 8.14. The summed E-state index contributed by atoms with van der Waals surface area (Å²) in [4.78, 5) is 0. The van der Waals surface area contributed by atoms with Gasteiger partial charge in [-0.2, -0.15) is 36.3 Å². The number of halogens is 6. The zero-order chi connectivity index (χ0) is 28.3. The van der Waals surface area contributed by atoms with E-state index in [1.165, 1.54) is 35.0 Å². The number of alkyl halides is 6. The minimum Gasteiger partial charge on any atom is -0.347 e. The van der Waals surface area contributed by atoms with Crippen LogP contribution in [0.2, 0.25) is 0 Å². The van der Waals surface area contributed by atoms with Crippen LogP contribution in [0.4, 0.5) is 26.3 Å². The smallest absolute Gasteiger partial charge is 0.347 e. The number of hydrogen-bond acceptors (Lipinski definition) is 3. The molecule has 0 aliphatic heterocycles. The van der Waals surface area contributed by atoms with Crippen molar-refractivity contribution in [2.24, 2.45) is 5.41 Å². The fourth-order valence-corrected chi connectivity index (χ4v) is 6.00. The molecule has 4 rings (SSSR count). The highest BCUT2D eigenvalue weighted by atomic mass is 32.2.